The van der Waals surface area contributed by atoms with Crippen LogP contribution in [-0.4, -0.2) is 18.1 Å². The summed E-state index contributed by atoms with van der Waals surface area (Å²) in [5.74, 6) is 1.54. The molecule has 2 aromatic carbocycles. The fraction of sp³-hybridized carbons (Fsp3) is 0.190. The van der Waals surface area contributed by atoms with E-state index in [9.17, 15) is 0 Å². The van der Waals surface area contributed by atoms with Crippen molar-refractivity contribution in [3.8, 4) is 11.6 Å². The van der Waals surface area contributed by atoms with Crippen LogP contribution in [0.2, 0.25) is 0 Å². The van der Waals surface area contributed by atoms with E-state index in [0.29, 0.717) is 19.1 Å². The van der Waals surface area contributed by atoms with Crippen molar-refractivity contribution in [2.24, 2.45) is 0 Å². The molecule has 0 radical (unpaired) electrons. The first kappa shape index (κ1) is 17.0. The van der Waals surface area contributed by atoms with Crippen molar-refractivity contribution in [2.75, 3.05) is 13.2 Å². The summed E-state index contributed by atoms with van der Waals surface area (Å²) in [6.45, 7) is 2.69. The number of aromatic nitrogens is 1. The Bertz CT molecular complexity index is 748. The topological polar surface area (TPSA) is 43.4 Å². The largest absolute Gasteiger partial charge is 0.489 e. The van der Waals surface area contributed by atoms with E-state index in [4.69, 9.17) is 9.47 Å². The van der Waals surface area contributed by atoms with Gasteiger partial charge in [-0.15, -0.1) is 0 Å². The number of hydrogen-bond donors (Lipinski definition) is 1. The number of hydrogen-bond acceptors (Lipinski definition) is 4. The Hall–Kier alpha value is -2.85. The molecule has 0 spiro atoms. The van der Waals surface area contributed by atoms with Crippen molar-refractivity contribution in [3.63, 3.8) is 0 Å². The van der Waals surface area contributed by atoms with Crippen LogP contribution >= 0.6 is 0 Å². The van der Waals surface area contributed by atoms with Crippen molar-refractivity contribution < 1.29 is 9.47 Å². The molecule has 0 fully saturated rings. The van der Waals surface area contributed by atoms with Crippen LogP contribution in [0.3, 0.4) is 0 Å². The average molecular weight is 334 g/mol. The van der Waals surface area contributed by atoms with Gasteiger partial charge in [0.15, 0.2) is 0 Å². The summed E-state index contributed by atoms with van der Waals surface area (Å²) in [5.41, 5.74) is 2.35. The highest BCUT2D eigenvalue weighted by Crippen LogP contribution is 2.15. The van der Waals surface area contributed by atoms with Gasteiger partial charge in [-0.3, -0.25) is 0 Å². The molecular formula is C21H22N2O2. The fourth-order valence-electron chi connectivity index (χ4n) is 2.38. The summed E-state index contributed by atoms with van der Waals surface area (Å²) in [7, 11) is 0. The monoisotopic (exact) mass is 334 g/mol. The van der Waals surface area contributed by atoms with Crippen molar-refractivity contribution >= 4 is 0 Å². The second-order valence-corrected chi connectivity index (χ2v) is 5.61. The first-order valence-corrected chi connectivity index (χ1v) is 8.40. The molecule has 0 aliphatic heterocycles. The van der Waals surface area contributed by atoms with E-state index >= 15 is 0 Å². The molecule has 4 nitrogen and oxygen atoms in total. The van der Waals surface area contributed by atoms with E-state index in [-0.39, 0.29) is 0 Å². The van der Waals surface area contributed by atoms with Crippen LogP contribution in [0.15, 0.2) is 79.0 Å². The van der Waals surface area contributed by atoms with Crippen molar-refractivity contribution in [1.82, 2.24) is 10.3 Å². The van der Waals surface area contributed by atoms with Gasteiger partial charge in [0.1, 0.15) is 19.0 Å². The molecule has 1 heterocycles. The minimum absolute atomic E-state index is 0.579. The number of nitrogens with one attached hydrogen (secondary N) is 1. The minimum atomic E-state index is 0.579. The summed E-state index contributed by atoms with van der Waals surface area (Å²) in [6.07, 6.45) is 1.73. The molecule has 0 aliphatic rings. The summed E-state index contributed by atoms with van der Waals surface area (Å²) in [6, 6.07) is 24.0. The van der Waals surface area contributed by atoms with Crippen molar-refractivity contribution in [3.05, 3.63) is 90.1 Å². The summed E-state index contributed by atoms with van der Waals surface area (Å²) >= 11 is 0. The molecule has 0 amide bonds. The third-order valence-electron chi connectivity index (χ3n) is 3.64. The average Bonchev–Trinajstić information content (AvgIpc) is 2.68. The van der Waals surface area contributed by atoms with E-state index in [2.05, 4.69) is 34.6 Å². The van der Waals surface area contributed by atoms with Gasteiger partial charge in [-0.2, -0.15) is 0 Å². The lowest BCUT2D eigenvalue weighted by molar-refractivity contribution is 0.301. The Balaban J connectivity index is 1.39. The molecule has 25 heavy (non-hydrogen) atoms. The van der Waals surface area contributed by atoms with E-state index in [1.807, 2.05) is 48.5 Å². The molecule has 3 aromatic rings. The SMILES string of the molecule is c1ccc(COc2cccc(CNCCOc3ccccn3)c2)cc1. The van der Waals surface area contributed by atoms with Crippen molar-refractivity contribution in [1.29, 1.82) is 0 Å². The van der Waals surface area contributed by atoms with Gasteiger partial charge in [0, 0.05) is 25.4 Å². The van der Waals surface area contributed by atoms with E-state index in [1.165, 1.54) is 5.56 Å². The van der Waals surface area contributed by atoms with Crippen LogP contribution in [0, 0.1) is 0 Å². The molecule has 1 aromatic heterocycles. The molecule has 0 saturated carbocycles. The van der Waals surface area contributed by atoms with Crippen LogP contribution in [0.5, 0.6) is 11.6 Å². The van der Waals surface area contributed by atoms with Gasteiger partial charge < -0.3 is 14.8 Å². The van der Waals surface area contributed by atoms with Gasteiger partial charge in [0.2, 0.25) is 5.88 Å². The zero-order valence-corrected chi connectivity index (χ0v) is 14.1. The molecule has 0 unspecified atom stereocenters. The molecular weight excluding hydrogens is 312 g/mol. The predicted molar refractivity (Wildman–Crippen MR) is 98.7 cm³/mol. The van der Waals surface area contributed by atoms with Gasteiger partial charge in [0.25, 0.3) is 0 Å². The van der Waals surface area contributed by atoms with Crippen LogP contribution < -0.4 is 14.8 Å². The standard InChI is InChI=1S/C21H22N2O2/c1-2-7-18(8-3-1)17-25-20-10-6-9-19(15-20)16-22-13-14-24-21-11-4-5-12-23-21/h1-12,15,22H,13-14,16-17H2. The summed E-state index contributed by atoms with van der Waals surface area (Å²) < 4.78 is 11.4. The van der Waals surface area contributed by atoms with Gasteiger partial charge in [-0.25, -0.2) is 4.98 Å². The lowest BCUT2D eigenvalue weighted by atomic mass is 10.2. The lowest BCUT2D eigenvalue weighted by Crippen LogP contribution is -2.20. The second-order valence-electron chi connectivity index (χ2n) is 5.61. The van der Waals surface area contributed by atoms with Gasteiger partial charge in [0.05, 0.1) is 0 Å². The molecule has 3 rings (SSSR count). The Labute approximate surface area is 148 Å². The smallest absolute Gasteiger partial charge is 0.213 e. The summed E-state index contributed by atoms with van der Waals surface area (Å²) in [4.78, 5) is 4.13. The fourth-order valence-corrected chi connectivity index (χ4v) is 2.38. The molecule has 4 heteroatoms. The highest BCUT2D eigenvalue weighted by Gasteiger charge is 1.99. The summed E-state index contributed by atoms with van der Waals surface area (Å²) in [5, 5.41) is 3.36. The lowest BCUT2D eigenvalue weighted by Gasteiger charge is -2.09. The van der Waals surface area contributed by atoms with Gasteiger partial charge in [-0.05, 0) is 29.3 Å². The second kappa shape index (κ2) is 9.45. The van der Waals surface area contributed by atoms with Gasteiger partial charge in [-0.1, -0.05) is 48.5 Å². The van der Waals surface area contributed by atoms with E-state index in [1.54, 1.807) is 6.20 Å². The predicted octanol–water partition coefficient (Wildman–Crippen LogP) is 3.83. The maximum absolute atomic E-state index is 5.86. The van der Waals surface area contributed by atoms with Crippen LogP contribution in [0.4, 0.5) is 0 Å². The first-order valence-electron chi connectivity index (χ1n) is 8.40. The van der Waals surface area contributed by atoms with Gasteiger partial charge >= 0.3 is 0 Å². The Morgan fingerprint density at radius 2 is 1.64 bits per heavy atom. The minimum Gasteiger partial charge on any atom is -0.489 e. The third-order valence-corrected chi connectivity index (χ3v) is 3.64. The maximum atomic E-state index is 5.86. The normalized spacial score (nSPS) is 10.4. The van der Waals surface area contributed by atoms with Crippen LogP contribution in [0.25, 0.3) is 0 Å². The maximum Gasteiger partial charge on any atom is 0.213 e. The number of pyridine rings is 1. The number of rotatable bonds is 9. The Kier molecular flexibility index (Phi) is 6.42. The highest BCUT2D eigenvalue weighted by atomic mass is 16.5. The molecule has 0 bridgehead atoms. The molecule has 0 saturated heterocycles. The third kappa shape index (κ3) is 5.94. The Morgan fingerprint density at radius 3 is 2.48 bits per heavy atom. The van der Waals surface area contributed by atoms with E-state index < -0.39 is 0 Å². The molecule has 0 aliphatic carbocycles. The van der Waals surface area contributed by atoms with Crippen LogP contribution in [-0.2, 0) is 13.2 Å². The number of nitrogens with zero attached hydrogens (tertiary/aromatic N) is 1. The van der Waals surface area contributed by atoms with E-state index in [0.717, 1.165) is 24.4 Å². The molecule has 0 atom stereocenters. The first-order chi connectivity index (χ1) is 12.4. The molecule has 1 N–H and O–H groups in total. The number of benzene rings is 2. The molecule has 128 valence electrons. The Morgan fingerprint density at radius 1 is 0.800 bits per heavy atom. The zero-order chi connectivity index (χ0) is 17.2. The number of ether oxygens (including phenoxy) is 2. The van der Waals surface area contributed by atoms with Crippen LogP contribution in [0.1, 0.15) is 11.1 Å². The van der Waals surface area contributed by atoms with Crippen molar-refractivity contribution in [2.45, 2.75) is 13.2 Å². The quantitative estimate of drug-likeness (QED) is 0.604. The highest BCUT2D eigenvalue weighted by molar-refractivity contribution is 5.29. The zero-order valence-electron chi connectivity index (χ0n) is 14.1.